The molecule has 0 bridgehead atoms. The van der Waals surface area contributed by atoms with Crippen LogP contribution in [0, 0.1) is 0 Å². The van der Waals surface area contributed by atoms with E-state index < -0.39 is 0 Å². The van der Waals surface area contributed by atoms with Gasteiger partial charge in [-0.25, -0.2) is 0 Å². The van der Waals surface area contributed by atoms with Crippen LogP contribution in [-0.4, -0.2) is 18.1 Å². The quantitative estimate of drug-likeness (QED) is 0.651. The van der Waals surface area contributed by atoms with Crippen molar-refractivity contribution in [2.24, 2.45) is 0 Å². The third-order valence-electron chi connectivity index (χ3n) is 1.36. The largest absolute Gasteiger partial charge is 0.381 e. The first kappa shape index (κ1) is 7.66. The molecule has 0 saturated heterocycles. The van der Waals surface area contributed by atoms with E-state index in [0.717, 1.165) is 18.0 Å². The van der Waals surface area contributed by atoms with Gasteiger partial charge in [-0.15, -0.1) is 11.8 Å². The number of hydrogen-bond donors (Lipinski definition) is 1. The summed E-state index contributed by atoms with van der Waals surface area (Å²) in [7, 11) is 0. The number of allylic oxidation sites excluding steroid dienone is 1. The normalized spacial score (nSPS) is 17.5. The average Bonchev–Trinajstić information content (AvgIpc) is 2.05. The van der Waals surface area contributed by atoms with Gasteiger partial charge in [-0.05, 0) is 5.41 Å². The summed E-state index contributed by atoms with van der Waals surface area (Å²) in [6, 6.07) is 0. The van der Waals surface area contributed by atoms with Crippen molar-refractivity contribution in [2.45, 2.75) is 13.3 Å². The Balaban J connectivity index is 2.53. The van der Waals surface area contributed by atoms with Crippen LogP contribution in [0.1, 0.15) is 13.3 Å². The van der Waals surface area contributed by atoms with Crippen molar-refractivity contribution in [1.29, 1.82) is 0 Å². The predicted molar refractivity (Wildman–Crippen MR) is 43.8 cm³/mol. The molecule has 0 spiro atoms. The van der Waals surface area contributed by atoms with Gasteiger partial charge in [0.2, 0.25) is 0 Å². The summed E-state index contributed by atoms with van der Waals surface area (Å²) in [5, 5.41) is 4.97. The molecule has 56 valence electrons. The smallest absolute Gasteiger partial charge is 0.178 e. The molecule has 0 fully saturated rings. The van der Waals surface area contributed by atoms with Gasteiger partial charge in [0.25, 0.3) is 0 Å². The number of Topliss-reactive ketones (excluding diaryl/α,β-unsaturated/α-hetero) is 1. The second-order valence-corrected chi connectivity index (χ2v) is 3.08. The SMILES string of the molecule is CCC(=O)C1=CSCCN1. The Morgan fingerprint density at radius 3 is 3.20 bits per heavy atom. The van der Waals surface area contributed by atoms with Crippen LogP contribution in [0.15, 0.2) is 11.1 Å². The maximum Gasteiger partial charge on any atom is 0.178 e. The number of nitrogens with one attached hydrogen (secondary N) is 1. The molecule has 1 N–H and O–H groups in total. The van der Waals surface area contributed by atoms with E-state index in [9.17, 15) is 4.79 Å². The Labute approximate surface area is 65.1 Å². The van der Waals surface area contributed by atoms with E-state index in [2.05, 4.69) is 5.32 Å². The summed E-state index contributed by atoms with van der Waals surface area (Å²) in [5.74, 6) is 1.28. The number of carbonyl (C=O) groups is 1. The number of ketones is 1. The van der Waals surface area contributed by atoms with Crippen LogP contribution in [0.25, 0.3) is 0 Å². The molecule has 0 amide bonds. The lowest BCUT2D eigenvalue weighted by Crippen LogP contribution is -2.24. The number of carbonyl (C=O) groups excluding carboxylic acids is 1. The van der Waals surface area contributed by atoms with Gasteiger partial charge in [0.05, 0.1) is 5.70 Å². The van der Waals surface area contributed by atoms with Crippen LogP contribution in [0.5, 0.6) is 0 Å². The summed E-state index contributed by atoms with van der Waals surface area (Å²) < 4.78 is 0. The number of rotatable bonds is 2. The average molecular weight is 157 g/mol. The fourth-order valence-electron chi connectivity index (χ4n) is 0.783. The molecule has 0 atom stereocenters. The van der Waals surface area contributed by atoms with E-state index in [0.29, 0.717) is 6.42 Å². The summed E-state index contributed by atoms with van der Waals surface area (Å²) in [6.07, 6.45) is 0.597. The van der Waals surface area contributed by atoms with Crippen LogP contribution in [-0.2, 0) is 4.79 Å². The van der Waals surface area contributed by atoms with Gasteiger partial charge in [-0.1, -0.05) is 6.92 Å². The van der Waals surface area contributed by atoms with Crippen LogP contribution in [0.4, 0.5) is 0 Å². The lowest BCUT2D eigenvalue weighted by atomic mass is 10.2. The molecule has 1 heterocycles. The van der Waals surface area contributed by atoms with Crippen molar-refractivity contribution in [3.8, 4) is 0 Å². The highest BCUT2D eigenvalue weighted by Crippen LogP contribution is 2.11. The minimum Gasteiger partial charge on any atom is -0.381 e. The lowest BCUT2D eigenvalue weighted by molar-refractivity contribution is -0.115. The Bertz CT molecular complexity index is 165. The van der Waals surface area contributed by atoms with Gasteiger partial charge < -0.3 is 5.32 Å². The molecular weight excluding hydrogens is 146 g/mol. The molecule has 0 aromatic heterocycles. The second kappa shape index (κ2) is 3.66. The van der Waals surface area contributed by atoms with Gasteiger partial charge >= 0.3 is 0 Å². The lowest BCUT2D eigenvalue weighted by Gasteiger charge is -2.12. The maximum absolute atomic E-state index is 11.0. The summed E-state index contributed by atoms with van der Waals surface area (Å²) >= 11 is 1.70. The molecule has 0 radical (unpaired) electrons. The van der Waals surface area contributed by atoms with E-state index in [1.165, 1.54) is 0 Å². The molecular formula is C7H11NOS. The third kappa shape index (κ3) is 1.77. The number of hydrogen-bond acceptors (Lipinski definition) is 3. The Morgan fingerprint density at radius 1 is 1.90 bits per heavy atom. The zero-order valence-corrected chi connectivity index (χ0v) is 6.83. The van der Waals surface area contributed by atoms with Crippen LogP contribution in [0.3, 0.4) is 0 Å². The van der Waals surface area contributed by atoms with Crippen molar-refractivity contribution < 1.29 is 4.79 Å². The minimum absolute atomic E-state index is 0.215. The first-order chi connectivity index (χ1) is 4.84. The third-order valence-corrected chi connectivity index (χ3v) is 2.20. The molecule has 0 aromatic carbocycles. The molecule has 0 aromatic rings. The molecule has 2 nitrogen and oxygen atoms in total. The van der Waals surface area contributed by atoms with Gasteiger partial charge in [-0.2, -0.15) is 0 Å². The fraction of sp³-hybridized carbons (Fsp3) is 0.571. The maximum atomic E-state index is 11.0. The van der Waals surface area contributed by atoms with Gasteiger partial charge in [-0.3, -0.25) is 4.79 Å². The van der Waals surface area contributed by atoms with E-state index >= 15 is 0 Å². The van der Waals surface area contributed by atoms with Crippen LogP contribution in [0.2, 0.25) is 0 Å². The van der Waals surface area contributed by atoms with Crippen molar-refractivity contribution in [3.63, 3.8) is 0 Å². The molecule has 1 rings (SSSR count). The van der Waals surface area contributed by atoms with E-state index in [1.807, 2.05) is 12.3 Å². The second-order valence-electron chi connectivity index (χ2n) is 2.11. The standard InChI is InChI=1S/C7H11NOS/c1-2-7(9)6-5-10-4-3-8-6/h5,8H,2-4H2,1H3. The molecule has 10 heavy (non-hydrogen) atoms. The Morgan fingerprint density at radius 2 is 2.70 bits per heavy atom. The summed E-state index contributed by atoms with van der Waals surface area (Å²) in [4.78, 5) is 11.0. The fourth-order valence-corrected chi connectivity index (χ4v) is 1.50. The molecule has 0 unspecified atom stereocenters. The van der Waals surface area contributed by atoms with Crippen molar-refractivity contribution >= 4 is 17.5 Å². The highest BCUT2D eigenvalue weighted by atomic mass is 32.2. The van der Waals surface area contributed by atoms with E-state index in [-0.39, 0.29) is 5.78 Å². The minimum atomic E-state index is 0.215. The topological polar surface area (TPSA) is 29.1 Å². The zero-order chi connectivity index (χ0) is 7.40. The van der Waals surface area contributed by atoms with E-state index in [4.69, 9.17) is 0 Å². The first-order valence-corrected chi connectivity index (χ1v) is 4.48. The molecule has 0 aliphatic carbocycles. The van der Waals surface area contributed by atoms with Gasteiger partial charge in [0.15, 0.2) is 5.78 Å². The Hall–Kier alpha value is -0.440. The summed E-state index contributed by atoms with van der Waals surface area (Å²) in [5.41, 5.74) is 0.791. The van der Waals surface area contributed by atoms with Gasteiger partial charge in [0, 0.05) is 18.7 Å². The Kier molecular flexibility index (Phi) is 2.81. The number of thioether (sulfide) groups is 1. The molecule has 1 aliphatic heterocycles. The van der Waals surface area contributed by atoms with Crippen LogP contribution < -0.4 is 5.32 Å². The van der Waals surface area contributed by atoms with Gasteiger partial charge in [0.1, 0.15) is 0 Å². The monoisotopic (exact) mass is 157 g/mol. The predicted octanol–water partition coefficient (Wildman–Crippen LogP) is 1.14. The summed E-state index contributed by atoms with van der Waals surface area (Å²) in [6.45, 7) is 2.80. The van der Waals surface area contributed by atoms with Crippen molar-refractivity contribution in [1.82, 2.24) is 5.32 Å². The first-order valence-electron chi connectivity index (χ1n) is 3.43. The van der Waals surface area contributed by atoms with Crippen LogP contribution >= 0.6 is 11.8 Å². The zero-order valence-electron chi connectivity index (χ0n) is 6.02. The van der Waals surface area contributed by atoms with Crippen molar-refractivity contribution in [3.05, 3.63) is 11.1 Å². The van der Waals surface area contributed by atoms with E-state index in [1.54, 1.807) is 11.8 Å². The molecule has 1 aliphatic rings. The highest BCUT2D eigenvalue weighted by molar-refractivity contribution is 8.02. The molecule has 0 saturated carbocycles. The highest BCUT2D eigenvalue weighted by Gasteiger charge is 2.08. The van der Waals surface area contributed by atoms with Crippen molar-refractivity contribution in [2.75, 3.05) is 12.3 Å². The molecule has 3 heteroatoms.